The molecule has 4 amide bonds. The Morgan fingerprint density at radius 3 is 2.20 bits per heavy atom. The molecule has 2 aromatic carbocycles. The molecular formula is C22H23N3O4S. The van der Waals surface area contributed by atoms with Gasteiger partial charge in [-0.1, -0.05) is 24.3 Å². The lowest BCUT2D eigenvalue weighted by atomic mass is 9.93. The van der Waals surface area contributed by atoms with E-state index in [1.54, 1.807) is 24.3 Å². The summed E-state index contributed by atoms with van der Waals surface area (Å²) >= 11 is 1.25. The van der Waals surface area contributed by atoms with E-state index in [1.165, 1.54) is 16.7 Å². The predicted octanol–water partition coefficient (Wildman–Crippen LogP) is 1.95. The second-order valence-corrected chi connectivity index (χ2v) is 8.49. The van der Waals surface area contributed by atoms with Crippen molar-refractivity contribution in [2.45, 2.75) is 25.3 Å². The van der Waals surface area contributed by atoms with Crippen LogP contribution in [0.2, 0.25) is 0 Å². The number of hydrogen-bond acceptors (Lipinski definition) is 5. The Balaban J connectivity index is 1.26. The molecule has 0 aromatic heterocycles. The molecule has 0 saturated heterocycles. The van der Waals surface area contributed by atoms with Crippen LogP contribution in [-0.4, -0.2) is 59.2 Å². The average Bonchev–Trinajstić information content (AvgIpc) is 2.71. The Bertz CT molecular complexity index is 968. The summed E-state index contributed by atoms with van der Waals surface area (Å²) in [6.07, 6.45) is 3.22. The van der Waals surface area contributed by atoms with Gasteiger partial charge in [-0.3, -0.25) is 24.1 Å². The number of carbonyl (C=O) groups excluding carboxylic acids is 4. The van der Waals surface area contributed by atoms with E-state index in [4.69, 9.17) is 0 Å². The second-order valence-electron chi connectivity index (χ2n) is 7.51. The summed E-state index contributed by atoms with van der Waals surface area (Å²) in [6.45, 7) is 0.268. The number of rotatable bonds is 8. The van der Waals surface area contributed by atoms with Crippen molar-refractivity contribution in [2.75, 3.05) is 24.6 Å². The number of benzene rings is 2. The third-order valence-corrected chi connectivity index (χ3v) is 6.38. The number of nitrogens with one attached hydrogen (secondary N) is 2. The molecular weight excluding hydrogens is 402 g/mol. The van der Waals surface area contributed by atoms with Crippen molar-refractivity contribution in [1.29, 1.82) is 0 Å². The number of amides is 4. The van der Waals surface area contributed by atoms with Gasteiger partial charge in [0.15, 0.2) is 0 Å². The van der Waals surface area contributed by atoms with Gasteiger partial charge in [0.2, 0.25) is 11.8 Å². The van der Waals surface area contributed by atoms with E-state index in [1.807, 2.05) is 12.1 Å². The first-order valence-electron chi connectivity index (χ1n) is 10.1. The average molecular weight is 426 g/mol. The quantitative estimate of drug-likeness (QED) is 0.631. The van der Waals surface area contributed by atoms with Crippen LogP contribution in [-0.2, 0) is 9.59 Å². The van der Waals surface area contributed by atoms with Crippen LogP contribution in [0.15, 0.2) is 36.4 Å². The predicted molar refractivity (Wildman–Crippen MR) is 115 cm³/mol. The van der Waals surface area contributed by atoms with Gasteiger partial charge in [-0.2, -0.15) is 0 Å². The van der Waals surface area contributed by atoms with Crippen LogP contribution in [0, 0.1) is 0 Å². The summed E-state index contributed by atoms with van der Waals surface area (Å²) in [6, 6.07) is 11.1. The highest BCUT2D eigenvalue weighted by molar-refractivity contribution is 8.00. The van der Waals surface area contributed by atoms with Gasteiger partial charge in [0.1, 0.15) is 0 Å². The van der Waals surface area contributed by atoms with E-state index in [0.29, 0.717) is 22.6 Å². The number of carbonyl (C=O) groups is 4. The van der Waals surface area contributed by atoms with Gasteiger partial charge < -0.3 is 10.6 Å². The van der Waals surface area contributed by atoms with Gasteiger partial charge in [0, 0.05) is 35.6 Å². The molecule has 1 aliphatic heterocycles. The smallest absolute Gasteiger partial charge is 0.261 e. The molecule has 1 aliphatic carbocycles. The normalized spacial score (nSPS) is 15.8. The fourth-order valence-electron chi connectivity index (χ4n) is 3.70. The molecule has 2 aliphatic rings. The third kappa shape index (κ3) is 4.18. The highest BCUT2D eigenvalue weighted by Crippen LogP contribution is 2.29. The Kier molecular flexibility index (Phi) is 6.03. The van der Waals surface area contributed by atoms with Crippen molar-refractivity contribution >= 4 is 46.2 Å². The molecule has 156 valence electrons. The van der Waals surface area contributed by atoms with Crippen molar-refractivity contribution in [1.82, 2.24) is 15.5 Å². The van der Waals surface area contributed by atoms with Gasteiger partial charge in [0.05, 0.1) is 11.5 Å². The summed E-state index contributed by atoms with van der Waals surface area (Å²) in [4.78, 5) is 50.5. The third-order valence-electron chi connectivity index (χ3n) is 5.45. The van der Waals surface area contributed by atoms with E-state index in [0.717, 1.165) is 24.6 Å². The Labute approximate surface area is 178 Å². The van der Waals surface area contributed by atoms with Crippen molar-refractivity contribution in [2.24, 2.45) is 0 Å². The van der Waals surface area contributed by atoms with Crippen LogP contribution >= 0.6 is 11.8 Å². The fourth-order valence-corrected chi connectivity index (χ4v) is 4.36. The molecule has 30 heavy (non-hydrogen) atoms. The van der Waals surface area contributed by atoms with Crippen molar-refractivity contribution in [3.05, 3.63) is 47.5 Å². The van der Waals surface area contributed by atoms with E-state index in [9.17, 15) is 19.2 Å². The molecule has 1 heterocycles. The minimum absolute atomic E-state index is 0.0464. The summed E-state index contributed by atoms with van der Waals surface area (Å²) in [5.74, 6) is -0.567. The van der Waals surface area contributed by atoms with Crippen LogP contribution in [0.5, 0.6) is 0 Å². The van der Waals surface area contributed by atoms with Crippen molar-refractivity contribution in [3.63, 3.8) is 0 Å². The van der Waals surface area contributed by atoms with Crippen molar-refractivity contribution in [3.8, 4) is 0 Å². The molecule has 0 atom stereocenters. The monoisotopic (exact) mass is 425 g/mol. The Morgan fingerprint density at radius 1 is 0.967 bits per heavy atom. The maximum atomic E-state index is 12.8. The van der Waals surface area contributed by atoms with E-state index >= 15 is 0 Å². The lowest BCUT2D eigenvalue weighted by Gasteiger charge is -2.27. The number of nitrogens with zero attached hydrogens (tertiary/aromatic N) is 1. The van der Waals surface area contributed by atoms with E-state index in [2.05, 4.69) is 10.6 Å². The maximum absolute atomic E-state index is 12.8. The Morgan fingerprint density at radius 2 is 1.60 bits per heavy atom. The molecule has 0 radical (unpaired) electrons. The molecule has 1 saturated carbocycles. The van der Waals surface area contributed by atoms with Crippen LogP contribution in [0.3, 0.4) is 0 Å². The standard InChI is InChI=1S/C22H23N3O4S/c26-18(12-30-13-19(27)24-15-6-3-7-15)23-10-11-25-21(28)16-8-1-4-14-5-2-9-17(20(14)16)22(25)29/h1-2,4-5,8-9,15H,3,6-7,10-13H2,(H,23,26)(H,24,27). The fraction of sp³-hybridized carbons (Fsp3) is 0.364. The van der Waals surface area contributed by atoms with Gasteiger partial charge in [0.25, 0.3) is 11.8 Å². The van der Waals surface area contributed by atoms with Crippen LogP contribution in [0.1, 0.15) is 40.0 Å². The number of hydrogen-bond donors (Lipinski definition) is 2. The molecule has 2 N–H and O–H groups in total. The highest BCUT2D eigenvalue weighted by atomic mass is 32.2. The van der Waals surface area contributed by atoms with Gasteiger partial charge in [-0.05, 0) is 36.8 Å². The zero-order valence-corrected chi connectivity index (χ0v) is 17.3. The molecule has 1 fully saturated rings. The SMILES string of the molecule is O=C(CSCC(=O)NC1CCC1)NCCN1C(=O)c2cccc3cccc(c23)C1=O. The molecule has 7 nitrogen and oxygen atoms in total. The first-order valence-corrected chi connectivity index (χ1v) is 11.2. The highest BCUT2D eigenvalue weighted by Gasteiger charge is 2.32. The van der Waals surface area contributed by atoms with Crippen LogP contribution in [0.4, 0.5) is 0 Å². The zero-order valence-electron chi connectivity index (χ0n) is 16.5. The molecule has 0 bridgehead atoms. The second kappa shape index (κ2) is 8.87. The minimum atomic E-state index is -0.347. The summed E-state index contributed by atoms with van der Waals surface area (Å²) in [5.41, 5.74) is 1.00. The van der Waals surface area contributed by atoms with Crippen LogP contribution < -0.4 is 10.6 Å². The van der Waals surface area contributed by atoms with Gasteiger partial charge >= 0.3 is 0 Å². The zero-order chi connectivity index (χ0) is 21.1. The van der Waals surface area contributed by atoms with E-state index < -0.39 is 0 Å². The maximum Gasteiger partial charge on any atom is 0.261 e. The first-order chi connectivity index (χ1) is 14.5. The van der Waals surface area contributed by atoms with Crippen molar-refractivity contribution < 1.29 is 19.2 Å². The topological polar surface area (TPSA) is 95.6 Å². The lowest BCUT2D eigenvalue weighted by Crippen LogP contribution is -2.44. The number of thioether (sulfide) groups is 1. The molecule has 0 unspecified atom stereocenters. The molecule has 4 rings (SSSR count). The summed E-state index contributed by atoms with van der Waals surface area (Å²) in [7, 11) is 0. The number of imide groups is 1. The minimum Gasteiger partial charge on any atom is -0.354 e. The largest absolute Gasteiger partial charge is 0.354 e. The molecule has 8 heteroatoms. The van der Waals surface area contributed by atoms with Gasteiger partial charge in [-0.15, -0.1) is 11.8 Å². The lowest BCUT2D eigenvalue weighted by molar-refractivity contribution is -0.119. The van der Waals surface area contributed by atoms with E-state index in [-0.39, 0.29) is 48.2 Å². The Hall–Kier alpha value is -2.87. The summed E-state index contributed by atoms with van der Waals surface area (Å²) in [5, 5.41) is 7.19. The first kappa shape index (κ1) is 20.4. The molecule has 0 spiro atoms. The molecule has 2 aromatic rings. The van der Waals surface area contributed by atoms with Gasteiger partial charge in [-0.25, -0.2) is 0 Å². The summed E-state index contributed by atoms with van der Waals surface area (Å²) < 4.78 is 0. The van der Waals surface area contributed by atoms with Crippen LogP contribution in [0.25, 0.3) is 10.8 Å².